The summed E-state index contributed by atoms with van der Waals surface area (Å²) in [6.45, 7) is 1.78. The Morgan fingerprint density at radius 1 is 1.12 bits per heavy atom. The third-order valence-corrected chi connectivity index (χ3v) is 6.21. The van der Waals surface area contributed by atoms with E-state index in [1.807, 2.05) is 30.3 Å². The summed E-state index contributed by atoms with van der Waals surface area (Å²) in [5.74, 6) is 1.32. The van der Waals surface area contributed by atoms with E-state index in [9.17, 15) is 4.79 Å². The normalized spacial score (nSPS) is 10.8. The minimum absolute atomic E-state index is 0.0759. The van der Waals surface area contributed by atoms with E-state index in [-0.39, 0.29) is 10.9 Å². The first-order valence-electron chi connectivity index (χ1n) is 9.67. The quantitative estimate of drug-likeness (QED) is 0.250. The van der Waals surface area contributed by atoms with E-state index in [4.69, 9.17) is 39.8 Å². The molecule has 7 nitrogen and oxygen atoms in total. The number of nitrogens with zero attached hydrogens (tertiary/aromatic N) is 3. The molecule has 0 atom stereocenters. The zero-order valence-electron chi connectivity index (χ0n) is 17.2. The molecule has 0 bridgehead atoms. The predicted octanol–water partition coefficient (Wildman–Crippen LogP) is 5.70. The Balaban J connectivity index is 1.40. The van der Waals surface area contributed by atoms with Gasteiger partial charge in [-0.3, -0.25) is 15.5 Å². The monoisotopic (exact) mass is 517 g/mol. The van der Waals surface area contributed by atoms with Crippen LogP contribution in [0.1, 0.15) is 21.9 Å². The average molecular weight is 518 g/mol. The first kappa shape index (κ1) is 23.3. The second-order valence-electron chi connectivity index (χ2n) is 6.82. The maximum Gasteiger partial charge on any atom is 0.293 e. The minimum atomic E-state index is -0.506. The lowest BCUT2D eigenvalue weighted by molar-refractivity contribution is 0.0951. The van der Waals surface area contributed by atoms with Gasteiger partial charge in [-0.25, -0.2) is 4.68 Å². The van der Waals surface area contributed by atoms with E-state index < -0.39 is 5.91 Å². The summed E-state index contributed by atoms with van der Waals surface area (Å²) in [5.41, 5.74) is 4.72. The van der Waals surface area contributed by atoms with E-state index in [0.717, 1.165) is 5.56 Å². The summed E-state index contributed by atoms with van der Waals surface area (Å²) in [6, 6.07) is 18.2. The molecule has 1 amide bonds. The molecule has 2 heterocycles. The second kappa shape index (κ2) is 10.4. The van der Waals surface area contributed by atoms with Crippen LogP contribution in [-0.4, -0.2) is 25.9 Å². The molecule has 11 heteroatoms. The fourth-order valence-electron chi connectivity index (χ4n) is 2.88. The maximum atomic E-state index is 12.6. The maximum absolute atomic E-state index is 12.6. The molecule has 4 aromatic rings. The summed E-state index contributed by atoms with van der Waals surface area (Å²) in [4.78, 5) is 12.6. The van der Waals surface area contributed by atoms with Gasteiger partial charge in [0, 0.05) is 16.3 Å². The van der Waals surface area contributed by atoms with Crippen molar-refractivity contribution in [1.29, 1.82) is 0 Å². The molecule has 2 aromatic carbocycles. The molecular weight excluding hydrogens is 501 g/mol. The molecular formula is C22H17Cl2N5O2S2. The van der Waals surface area contributed by atoms with Gasteiger partial charge >= 0.3 is 0 Å². The molecule has 0 saturated heterocycles. The van der Waals surface area contributed by atoms with Gasteiger partial charge in [-0.2, -0.15) is 0 Å². The van der Waals surface area contributed by atoms with Crippen LogP contribution in [0.25, 0.3) is 11.3 Å². The number of aryl methyl sites for hydroxylation is 1. The van der Waals surface area contributed by atoms with Crippen LogP contribution in [-0.2, 0) is 5.75 Å². The van der Waals surface area contributed by atoms with E-state index >= 15 is 0 Å². The topological polar surface area (TPSA) is 85.0 Å². The Kier molecular flexibility index (Phi) is 7.34. The SMILES string of the molecule is Cc1nnc(SCc2ccccc2)n1NC(=S)NC(=O)c1ccc(-c2ccc(Cl)cc2Cl)o1. The lowest BCUT2D eigenvalue weighted by Gasteiger charge is -2.12. The second-order valence-corrected chi connectivity index (χ2v) is 9.02. The lowest BCUT2D eigenvalue weighted by atomic mass is 10.2. The van der Waals surface area contributed by atoms with Crippen LogP contribution >= 0.6 is 47.2 Å². The third-order valence-electron chi connectivity index (χ3n) is 4.47. The summed E-state index contributed by atoms with van der Waals surface area (Å²) < 4.78 is 7.28. The zero-order chi connectivity index (χ0) is 23.4. The average Bonchev–Trinajstić information content (AvgIpc) is 3.41. The molecule has 0 unspecified atom stereocenters. The molecule has 0 aliphatic heterocycles. The zero-order valence-corrected chi connectivity index (χ0v) is 20.4. The van der Waals surface area contributed by atoms with Crippen LogP contribution in [0.2, 0.25) is 10.0 Å². The summed E-state index contributed by atoms with van der Waals surface area (Å²) >= 11 is 19.0. The van der Waals surface area contributed by atoms with Crippen molar-refractivity contribution >= 4 is 58.2 Å². The number of furan rings is 1. The molecule has 168 valence electrons. The van der Waals surface area contributed by atoms with E-state index in [2.05, 4.69) is 20.9 Å². The summed E-state index contributed by atoms with van der Waals surface area (Å²) in [6.07, 6.45) is 0. The van der Waals surface area contributed by atoms with Gasteiger partial charge in [-0.15, -0.1) is 10.2 Å². The highest BCUT2D eigenvalue weighted by Gasteiger charge is 2.17. The molecule has 0 aliphatic carbocycles. The van der Waals surface area contributed by atoms with Crippen molar-refractivity contribution < 1.29 is 9.21 Å². The smallest absolute Gasteiger partial charge is 0.293 e. The number of halogens is 2. The lowest BCUT2D eigenvalue weighted by Crippen LogP contribution is -2.38. The number of nitrogens with one attached hydrogen (secondary N) is 2. The van der Waals surface area contributed by atoms with Crippen molar-refractivity contribution in [3.05, 3.63) is 87.9 Å². The Morgan fingerprint density at radius 2 is 1.91 bits per heavy atom. The number of hydrogen-bond donors (Lipinski definition) is 2. The summed E-state index contributed by atoms with van der Waals surface area (Å²) in [7, 11) is 0. The van der Waals surface area contributed by atoms with Crippen molar-refractivity contribution in [3.8, 4) is 11.3 Å². The van der Waals surface area contributed by atoms with Gasteiger partial charge in [0.15, 0.2) is 10.9 Å². The first-order chi connectivity index (χ1) is 15.9. The van der Waals surface area contributed by atoms with Crippen LogP contribution in [0.5, 0.6) is 0 Å². The van der Waals surface area contributed by atoms with Gasteiger partial charge in [-0.1, -0.05) is 65.3 Å². The standard InChI is InChI=1S/C22H17Cl2N5O2S2/c1-13-26-27-22(33-12-14-5-3-2-4-6-14)29(13)28-21(32)25-20(30)19-10-9-18(31-19)16-8-7-15(23)11-17(16)24/h2-11H,12H2,1H3,(H2,25,28,30,32). The fourth-order valence-corrected chi connectivity index (χ4v) is 4.45. The molecule has 33 heavy (non-hydrogen) atoms. The Labute approximate surface area is 209 Å². The van der Waals surface area contributed by atoms with E-state index in [1.54, 1.807) is 41.9 Å². The molecule has 4 rings (SSSR count). The van der Waals surface area contributed by atoms with Gasteiger partial charge < -0.3 is 4.42 Å². The number of amides is 1. The predicted molar refractivity (Wildman–Crippen MR) is 134 cm³/mol. The molecule has 0 radical (unpaired) electrons. The van der Waals surface area contributed by atoms with Gasteiger partial charge in [-0.05, 0) is 55.0 Å². The highest BCUT2D eigenvalue weighted by atomic mass is 35.5. The molecule has 2 N–H and O–H groups in total. The van der Waals surface area contributed by atoms with Crippen molar-refractivity contribution in [1.82, 2.24) is 20.2 Å². The number of thioether (sulfide) groups is 1. The minimum Gasteiger partial charge on any atom is -0.451 e. The van der Waals surface area contributed by atoms with Gasteiger partial charge in [0.2, 0.25) is 5.16 Å². The van der Waals surface area contributed by atoms with Gasteiger partial charge in [0.05, 0.1) is 5.02 Å². The Hall–Kier alpha value is -2.85. The Morgan fingerprint density at radius 3 is 2.67 bits per heavy atom. The van der Waals surface area contributed by atoms with Crippen molar-refractivity contribution in [2.45, 2.75) is 17.8 Å². The number of thiocarbonyl (C=S) groups is 1. The van der Waals surface area contributed by atoms with Gasteiger partial charge in [0.25, 0.3) is 5.91 Å². The highest BCUT2D eigenvalue weighted by Crippen LogP contribution is 2.31. The van der Waals surface area contributed by atoms with Crippen molar-refractivity contribution in [3.63, 3.8) is 0 Å². The first-order valence-corrected chi connectivity index (χ1v) is 11.8. The van der Waals surface area contributed by atoms with Gasteiger partial charge in [0.1, 0.15) is 11.6 Å². The molecule has 0 saturated carbocycles. The summed E-state index contributed by atoms with van der Waals surface area (Å²) in [5, 5.41) is 12.5. The molecule has 0 fully saturated rings. The third kappa shape index (κ3) is 5.75. The van der Waals surface area contributed by atoms with Crippen LogP contribution in [0.15, 0.2) is 70.2 Å². The van der Waals surface area contributed by atoms with Crippen LogP contribution < -0.4 is 10.7 Å². The van der Waals surface area contributed by atoms with Crippen LogP contribution in [0.4, 0.5) is 0 Å². The highest BCUT2D eigenvalue weighted by molar-refractivity contribution is 7.98. The van der Waals surface area contributed by atoms with E-state index in [0.29, 0.717) is 38.1 Å². The number of rotatable bonds is 6. The van der Waals surface area contributed by atoms with E-state index in [1.165, 1.54) is 11.8 Å². The van der Waals surface area contributed by atoms with Crippen molar-refractivity contribution in [2.24, 2.45) is 0 Å². The molecule has 0 aliphatic rings. The number of carbonyl (C=O) groups is 1. The van der Waals surface area contributed by atoms with Crippen LogP contribution in [0, 0.1) is 6.92 Å². The number of carbonyl (C=O) groups excluding carboxylic acids is 1. The molecule has 2 aromatic heterocycles. The number of aromatic nitrogens is 3. The largest absolute Gasteiger partial charge is 0.451 e. The fraction of sp³-hybridized carbons (Fsp3) is 0.0909. The number of hydrogen-bond acceptors (Lipinski definition) is 6. The molecule has 0 spiro atoms. The number of benzene rings is 2. The van der Waals surface area contributed by atoms with Crippen LogP contribution in [0.3, 0.4) is 0 Å². The Bertz CT molecular complexity index is 1310. The van der Waals surface area contributed by atoms with Crippen molar-refractivity contribution in [2.75, 3.05) is 5.43 Å².